The Bertz CT molecular complexity index is 592. The molecule has 1 aliphatic rings. The largest absolute Gasteiger partial charge is 0.326 e. The molecule has 2 N–H and O–H groups in total. The van der Waals surface area contributed by atoms with Gasteiger partial charge in [0.05, 0.1) is 11.4 Å². The maximum atomic E-state index is 13.8. The summed E-state index contributed by atoms with van der Waals surface area (Å²) in [4.78, 5) is 7.58. The zero-order valence-electron chi connectivity index (χ0n) is 10.8. The van der Waals surface area contributed by atoms with Crippen molar-refractivity contribution in [3.05, 3.63) is 40.7 Å². The fourth-order valence-electron chi connectivity index (χ4n) is 2.14. The molecule has 0 bridgehead atoms. The molecule has 100 valence electrons. The SMILES string of the molecule is CN(c1nc(C2CC2)c(CN)s1)c1ccccc1F. The molecule has 1 aromatic carbocycles. The fourth-order valence-corrected chi connectivity index (χ4v) is 3.14. The van der Waals surface area contributed by atoms with Gasteiger partial charge in [0, 0.05) is 24.4 Å². The Morgan fingerprint density at radius 2 is 2.16 bits per heavy atom. The lowest BCUT2D eigenvalue weighted by molar-refractivity contribution is 0.627. The van der Waals surface area contributed by atoms with Gasteiger partial charge in [0.1, 0.15) is 5.82 Å². The van der Waals surface area contributed by atoms with Crippen LogP contribution in [0.3, 0.4) is 0 Å². The van der Waals surface area contributed by atoms with Crippen LogP contribution in [0.15, 0.2) is 24.3 Å². The molecule has 0 amide bonds. The third-order valence-corrected chi connectivity index (χ3v) is 4.54. The minimum atomic E-state index is -0.234. The normalized spacial score (nSPS) is 14.7. The predicted octanol–water partition coefficient (Wildman–Crippen LogP) is 3.39. The van der Waals surface area contributed by atoms with E-state index < -0.39 is 0 Å². The van der Waals surface area contributed by atoms with Gasteiger partial charge in [-0.2, -0.15) is 0 Å². The van der Waals surface area contributed by atoms with E-state index >= 15 is 0 Å². The minimum absolute atomic E-state index is 0.234. The second kappa shape index (κ2) is 4.90. The highest BCUT2D eigenvalue weighted by atomic mass is 32.1. The molecule has 0 unspecified atom stereocenters. The fraction of sp³-hybridized carbons (Fsp3) is 0.357. The molecule has 0 spiro atoms. The van der Waals surface area contributed by atoms with Crippen LogP contribution in [0.2, 0.25) is 0 Å². The van der Waals surface area contributed by atoms with Gasteiger partial charge in [-0.25, -0.2) is 9.37 Å². The molecule has 19 heavy (non-hydrogen) atoms. The number of nitrogens with two attached hydrogens (primary N) is 1. The lowest BCUT2D eigenvalue weighted by atomic mass is 10.2. The Labute approximate surface area is 115 Å². The number of halogens is 1. The van der Waals surface area contributed by atoms with E-state index in [1.807, 2.05) is 13.1 Å². The molecule has 5 heteroatoms. The minimum Gasteiger partial charge on any atom is -0.326 e. The van der Waals surface area contributed by atoms with E-state index in [2.05, 4.69) is 4.98 Å². The molecule has 0 aliphatic heterocycles. The second-order valence-electron chi connectivity index (χ2n) is 4.79. The van der Waals surface area contributed by atoms with Gasteiger partial charge in [-0.05, 0) is 25.0 Å². The van der Waals surface area contributed by atoms with Crippen LogP contribution in [0.5, 0.6) is 0 Å². The van der Waals surface area contributed by atoms with Crippen molar-refractivity contribution in [2.75, 3.05) is 11.9 Å². The standard InChI is InChI=1S/C14H16FN3S/c1-18(11-5-3-2-4-10(11)15)14-17-13(9-6-7-9)12(8-16)19-14/h2-5,9H,6-8,16H2,1H3. The van der Waals surface area contributed by atoms with Crippen molar-refractivity contribution in [1.29, 1.82) is 0 Å². The van der Waals surface area contributed by atoms with Crippen LogP contribution in [-0.4, -0.2) is 12.0 Å². The molecule has 1 aromatic heterocycles. The van der Waals surface area contributed by atoms with Gasteiger partial charge in [0.15, 0.2) is 5.13 Å². The maximum absolute atomic E-state index is 13.8. The summed E-state index contributed by atoms with van der Waals surface area (Å²) in [5.74, 6) is 0.333. The number of thiazole rings is 1. The van der Waals surface area contributed by atoms with Crippen LogP contribution in [0.25, 0.3) is 0 Å². The van der Waals surface area contributed by atoms with Crippen molar-refractivity contribution in [2.24, 2.45) is 5.73 Å². The van der Waals surface area contributed by atoms with Crippen molar-refractivity contribution < 1.29 is 4.39 Å². The Morgan fingerprint density at radius 3 is 2.79 bits per heavy atom. The van der Waals surface area contributed by atoms with E-state index in [9.17, 15) is 4.39 Å². The molecule has 3 rings (SSSR count). The lowest BCUT2D eigenvalue weighted by Gasteiger charge is -2.16. The summed E-state index contributed by atoms with van der Waals surface area (Å²) in [6.07, 6.45) is 2.39. The second-order valence-corrected chi connectivity index (χ2v) is 5.86. The number of benzene rings is 1. The first-order chi connectivity index (χ1) is 9.20. The van der Waals surface area contributed by atoms with Gasteiger partial charge in [-0.1, -0.05) is 23.5 Å². The topological polar surface area (TPSA) is 42.2 Å². The van der Waals surface area contributed by atoms with Crippen LogP contribution >= 0.6 is 11.3 Å². The van der Waals surface area contributed by atoms with Gasteiger partial charge in [-0.3, -0.25) is 0 Å². The number of rotatable bonds is 4. The van der Waals surface area contributed by atoms with E-state index in [4.69, 9.17) is 5.73 Å². The Kier molecular flexibility index (Phi) is 3.24. The molecule has 3 nitrogen and oxygen atoms in total. The Hall–Kier alpha value is -1.46. The first-order valence-corrected chi connectivity index (χ1v) is 7.20. The zero-order valence-corrected chi connectivity index (χ0v) is 11.6. The van der Waals surface area contributed by atoms with Gasteiger partial charge < -0.3 is 10.6 Å². The third kappa shape index (κ3) is 2.35. The van der Waals surface area contributed by atoms with Gasteiger partial charge in [-0.15, -0.1) is 0 Å². The third-order valence-electron chi connectivity index (χ3n) is 3.37. The van der Waals surface area contributed by atoms with E-state index in [0.717, 1.165) is 15.7 Å². The summed E-state index contributed by atoms with van der Waals surface area (Å²) in [5.41, 5.74) is 7.44. The molecular weight excluding hydrogens is 261 g/mol. The highest BCUT2D eigenvalue weighted by Gasteiger charge is 2.30. The molecular formula is C14H16FN3S. The monoisotopic (exact) mass is 277 g/mol. The van der Waals surface area contributed by atoms with Crippen LogP contribution in [0.4, 0.5) is 15.2 Å². The van der Waals surface area contributed by atoms with Crippen molar-refractivity contribution in [1.82, 2.24) is 4.98 Å². The highest BCUT2D eigenvalue weighted by molar-refractivity contribution is 7.15. The number of aromatic nitrogens is 1. The van der Waals surface area contributed by atoms with Gasteiger partial charge in [0.25, 0.3) is 0 Å². The van der Waals surface area contributed by atoms with Gasteiger partial charge in [0.2, 0.25) is 0 Å². The molecule has 0 atom stereocenters. The summed E-state index contributed by atoms with van der Waals surface area (Å²) in [6, 6.07) is 6.74. The smallest absolute Gasteiger partial charge is 0.190 e. The Morgan fingerprint density at radius 1 is 1.42 bits per heavy atom. The van der Waals surface area contributed by atoms with Crippen molar-refractivity contribution in [3.8, 4) is 0 Å². The summed E-state index contributed by atoms with van der Waals surface area (Å²) < 4.78 is 13.8. The molecule has 1 saturated carbocycles. The van der Waals surface area contributed by atoms with Gasteiger partial charge >= 0.3 is 0 Å². The number of hydrogen-bond donors (Lipinski definition) is 1. The van der Waals surface area contributed by atoms with E-state index in [1.54, 1.807) is 28.4 Å². The summed E-state index contributed by atoms with van der Waals surface area (Å²) in [7, 11) is 1.84. The number of nitrogens with zero attached hydrogens (tertiary/aromatic N) is 2. The van der Waals surface area contributed by atoms with E-state index in [1.165, 1.54) is 18.9 Å². The quantitative estimate of drug-likeness (QED) is 0.931. The average Bonchev–Trinajstić information content (AvgIpc) is 3.18. The van der Waals surface area contributed by atoms with Crippen LogP contribution in [0, 0.1) is 5.82 Å². The van der Waals surface area contributed by atoms with Crippen LogP contribution in [0.1, 0.15) is 29.3 Å². The highest BCUT2D eigenvalue weighted by Crippen LogP contribution is 2.44. The number of anilines is 2. The summed E-state index contributed by atoms with van der Waals surface area (Å²) in [5, 5.41) is 0.812. The zero-order chi connectivity index (χ0) is 13.4. The lowest BCUT2D eigenvalue weighted by Crippen LogP contribution is -2.10. The Balaban J connectivity index is 1.95. The predicted molar refractivity (Wildman–Crippen MR) is 76.4 cm³/mol. The summed E-state index contributed by atoms with van der Waals surface area (Å²) >= 11 is 1.56. The average molecular weight is 277 g/mol. The van der Waals surface area contributed by atoms with Crippen LogP contribution < -0.4 is 10.6 Å². The number of para-hydroxylation sites is 1. The van der Waals surface area contributed by atoms with E-state index in [-0.39, 0.29) is 5.82 Å². The van der Waals surface area contributed by atoms with Crippen molar-refractivity contribution in [2.45, 2.75) is 25.3 Å². The number of hydrogen-bond acceptors (Lipinski definition) is 4. The first kappa shape index (κ1) is 12.6. The molecule has 1 fully saturated rings. The molecule has 0 saturated heterocycles. The van der Waals surface area contributed by atoms with Crippen molar-refractivity contribution in [3.63, 3.8) is 0 Å². The molecule has 2 aromatic rings. The summed E-state index contributed by atoms with van der Waals surface area (Å²) in [6.45, 7) is 0.509. The van der Waals surface area contributed by atoms with E-state index in [0.29, 0.717) is 18.2 Å². The molecule has 1 aliphatic carbocycles. The maximum Gasteiger partial charge on any atom is 0.190 e. The van der Waals surface area contributed by atoms with Crippen molar-refractivity contribution >= 4 is 22.2 Å². The first-order valence-electron chi connectivity index (χ1n) is 6.38. The molecule has 0 radical (unpaired) electrons. The molecule has 1 heterocycles. The van der Waals surface area contributed by atoms with Crippen LogP contribution in [-0.2, 0) is 6.54 Å².